The highest BCUT2D eigenvalue weighted by molar-refractivity contribution is 5.78. The first kappa shape index (κ1) is 16.3. The van der Waals surface area contributed by atoms with Gasteiger partial charge in [-0.3, -0.25) is 14.6 Å². The number of hydrogen-bond acceptors (Lipinski definition) is 3. The third kappa shape index (κ3) is 5.01. The molecule has 0 aromatic rings. The zero-order valence-corrected chi connectivity index (χ0v) is 13.3. The summed E-state index contributed by atoms with van der Waals surface area (Å²) in [6, 6.07) is 0.669. The van der Waals surface area contributed by atoms with E-state index in [4.69, 9.17) is 6.42 Å². The van der Waals surface area contributed by atoms with Crippen LogP contribution in [-0.4, -0.2) is 61.0 Å². The normalized spacial score (nSPS) is 25.4. The lowest BCUT2D eigenvalue weighted by Gasteiger charge is -2.33. The summed E-state index contributed by atoms with van der Waals surface area (Å²) in [4.78, 5) is 16.9. The van der Waals surface area contributed by atoms with Crippen LogP contribution in [0, 0.1) is 18.3 Å². The van der Waals surface area contributed by atoms with Crippen molar-refractivity contribution in [3.05, 3.63) is 0 Å². The van der Waals surface area contributed by atoms with Crippen molar-refractivity contribution in [2.24, 2.45) is 5.92 Å². The van der Waals surface area contributed by atoms with E-state index in [1.165, 1.54) is 25.8 Å². The van der Waals surface area contributed by atoms with Gasteiger partial charge in [0.25, 0.3) is 0 Å². The van der Waals surface area contributed by atoms with Gasteiger partial charge in [-0.25, -0.2) is 0 Å². The highest BCUT2D eigenvalue weighted by Gasteiger charge is 2.24. The minimum atomic E-state index is 0.179. The number of nitrogens with one attached hydrogen (secondary N) is 1. The molecule has 2 heterocycles. The van der Waals surface area contributed by atoms with Crippen molar-refractivity contribution in [2.45, 2.75) is 45.1 Å². The third-order valence-corrected chi connectivity index (χ3v) is 4.91. The summed E-state index contributed by atoms with van der Waals surface area (Å²) in [5, 5.41) is 3.13. The summed E-state index contributed by atoms with van der Waals surface area (Å²) in [5.74, 6) is 3.09. The van der Waals surface area contributed by atoms with E-state index in [1.807, 2.05) is 0 Å². The summed E-state index contributed by atoms with van der Waals surface area (Å²) < 4.78 is 0. The van der Waals surface area contributed by atoms with Crippen LogP contribution in [-0.2, 0) is 4.79 Å². The van der Waals surface area contributed by atoms with Gasteiger partial charge >= 0.3 is 0 Å². The van der Waals surface area contributed by atoms with Gasteiger partial charge in [-0.15, -0.1) is 6.42 Å². The fraction of sp³-hybridized carbons (Fsp3) is 0.824. The number of carbonyl (C=O) groups is 1. The molecule has 4 heteroatoms. The van der Waals surface area contributed by atoms with Crippen LogP contribution in [0.2, 0.25) is 0 Å². The fourth-order valence-electron chi connectivity index (χ4n) is 3.44. The second-order valence-corrected chi connectivity index (χ2v) is 6.43. The SMILES string of the molecule is C#CCN1CCC(C(=O)NCCN2CCCC[C@@H]2C)CC1. The lowest BCUT2D eigenvalue weighted by Crippen LogP contribution is -2.45. The number of piperidine rings is 2. The van der Waals surface area contributed by atoms with Crippen LogP contribution in [0.15, 0.2) is 0 Å². The zero-order valence-electron chi connectivity index (χ0n) is 13.3. The molecule has 2 rings (SSSR count). The molecule has 0 aliphatic carbocycles. The number of likely N-dealkylation sites (tertiary alicyclic amines) is 2. The lowest BCUT2D eigenvalue weighted by molar-refractivity contribution is -0.126. The Hall–Kier alpha value is -1.05. The van der Waals surface area contributed by atoms with Gasteiger partial charge in [0.15, 0.2) is 0 Å². The smallest absolute Gasteiger partial charge is 0.223 e. The summed E-state index contributed by atoms with van der Waals surface area (Å²) in [5.41, 5.74) is 0. The number of carbonyl (C=O) groups excluding carboxylic acids is 1. The molecule has 0 bridgehead atoms. The minimum Gasteiger partial charge on any atom is -0.355 e. The monoisotopic (exact) mass is 291 g/mol. The Labute approximate surface area is 129 Å². The van der Waals surface area contributed by atoms with Gasteiger partial charge < -0.3 is 5.32 Å². The molecule has 1 atom stereocenters. The Kier molecular flexibility index (Phi) is 6.53. The van der Waals surface area contributed by atoms with Gasteiger partial charge in [0, 0.05) is 25.0 Å². The van der Waals surface area contributed by atoms with Crippen molar-refractivity contribution >= 4 is 5.91 Å². The number of hydrogen-bond donors (Lipinski definition) is 1. The molecule has 2 saturated heterocycles. The van der Waals surface area contributed by atoms with E-state index < -0.39 is 0 Å². The second kappa shape index (κ2) is 8.41. The summed E-state index contributed by atoms with van der Waals surface area (Å²) in [6.45, 7) is 7.86. The number of amides is 1. The lowest BCUT2D eigenvalue weighted by atomic mass is 9.96. The van der Waals surface area contributed by atoms with Crippen LogP contribution in [0.4, 0.5) is 0 Å². The maximum absolute atomic E-state index is 12.2. The molecular formula is C17H29N3O. The van der Waals surface area contributed by atoms with Crippen LogP contribution in [0.1, 0.15) is 39.0 Å². The van der Waals surface area contributed by atoms with Crippen molar-refractivity contribution in [3.8, 4) is 12.3 Å². The van der Waals surface area contributed by atoms with Crippen molar-refractivity contribution in [1.29, 1.82) is 0 Å². The summed E-state index contributed by atoms with van der Waals surface area (Å²) in [7, 11) is 0. The molecule has 0 radical (unpaired) electrons. The van der Waals surface area contributed by atoms with Crippen molar-refractivity contribution in [1.82, 2.24) is 15.1 Å². The topological polar surface area (TPSA) is 35.6 Å². The Morgan fingerprint density at radius 3 is 2.67 bits per heavy atom. The Balaban J connectivity index is 1.63. The zero-order chi connectivity index (χ0) is 15.1. The first-order valence-electron chi connectivity index (χ1n) is 8.38. The molecule has 0 saturated carbocycles. The highest BCUT2D eigenvalue weighted by Crippen LogP contribution is 2.17. The quantitative estimate of drug-likeness (QED) is 0.776. The largest absolute Gasteiger partial charge is 0.355 e. The van der Waals surface area contributed by atoms with Gasteiger partial charge in [-0.05, 0) is 52.2 Å². The molecule has 4 nitrogen and oxygen atoms in total. The molecule has 1 N–H and O–H groups in total. The van der Waals surface area contributed by atoms with Gasteiger partial charge in [0.05, 0.1) is 6.54 Å². The fourth-order valence-corrected chi connectivity index (χ4v) is 3.44. The van der Waals surface area contributed by atoms with Crippen molar-refractivity contribution in [2.75, 3.05) is 39.3 Å². The van der Waals surface area contributed by atoms with Gasteiger partial charge in [-0.2, -0.15) is 0 Å². The summed E-state index contributed by atoms with van der Waals surface area (Å²) in [6.07, 6.45) is 11.1. The van der Waals surface area contributed by atoms with E-state index in [2.05, 4.69) is 28.0 Å². The average molecular weight is 291 g/mol. The van der Waals surface area contributed by atoms with Gasteiger partial charge in [0.2, 0.25) is 5.91 Å². The third-order valence-electron chi connectivity index (χ3n) is 4.91. The maximum atomic E-state index is 12.2. The van der Waals surface area contributed by atoms with Gasteiger partial charge in [-0.1, -0.05) is 12.3 Å². The van der Waals surface area contributed by atoms with Crippen LogP contribution in [0.3, 0.4) is 0 Å². The first-order valence-corrected chi connectivity index (χ1v) is 8.38. The number of rotatable bonds is 5. The predicted octanol–water partition coefficient (Wildman–Crippen LogP) is 1.32. The molecule has 0 spiro atoms. The molecule has 21 heavy (non-hydrogen) atoms. The summed E-state index contributed by atoms with van der Waals surface area (Å²) >= 11 is 0. The minimum absolute atomic E-state index is 0.179. The van der Waals surface area contributed by atoms with E-state index in [9.17, 15) is 4.79 Å². The molecule has 118 valence electrons. The average Bonchev–Trinajstić information content (AvgIpc) is 2.50. The Morgan fingerprint density at radius 1 is 1.24 bits per heavy atom. The molecule has 0 unspecified atom stereocenters. The molecule has 2 fully saturated rings. The van der Waals surface area contributed by atoms with Crippen LogP contribution in [0.5, 0.6) is 0 Å². The van der Waals surface area contributed by atoms with Crippen LogP contribution < -0.4 is 5.32 Å². The molecule has 2 aliphatic heterocycles. The van der Waals surface area contributed by atoms with Crippen LogP contribution in [0.25, 0.3) is 0 Å². The molecule has 0 aromatic carbocycles. The van der Waals surface area contributed by atoms with Crippen molar-refractivity contribution in [3.63, 3.8) is 0 Å². The molecular weight excluding hydrogens is 262 g/mol. The predicted molar refractivity (Wildman–Crippen MR) is 85.9 cm³/mol. The second-order valence-electron chi connectivity index (χ2n) is 6.43. The van der Waals surface area contributed by atoms with E-state index in [1.54, 1.807) is 0 Å². The molecule has 1 amide bonds. The van der Waals surface area contributed by atoms with Crippen LogP contribution >= 0.6 is 0 Å². The first-order chi connectivity index (χ1) is 10.2. The maximum Gasteiger partial charge on any atom is 0.223 e. The van der Waals surface area contributed by atoms with Gasteiger partial charge in [0.1, 0.15) is 0 Å². The standard InChI is InChI=1S/C17H29N3O/c1-3-10-19-12-7-16(8-13-19)17(21)18-9-14-20-11-5-4-6-15(20)2/h1,15-16H,4-14H2,2H3,(H,18,21)/t15-/m0/s1. The van der Waals surface area contributed by atoms with E-state index in [0.29, 0.717) is 12.6 Å². The Morgan fingerprint density at radius 2 is 2.00 bits per heavy atom. The highest BCUT2D eigenvalue weighted by atomic mass is 16.1. The Bertz CT molecular complexity index is 369. The van der Waals surface area contributed by atoms with E-state index >= 15 is 0 Å². The molecule has 2 aliphatic rings. The van der Waals surface area contributed by atoms with Crippen molar-refractivity contribution < 1.29 is 4.79 Å². The van der Waals surface area contributed by atoms with E-state index in [0.717, 1.165) is 39.0 Å². The molecule has 0 aromatic heterocycles. The van der Waals surface area contributed by atoms with E-state index in [-0.39, 0.29) is 11.8 Å². The number of nitrogens with zero attached hydrogens (tertiary/aromatic N) is 2. The number of terminal acetylenes is 1.